The van der Waals surface area contributed by atoms with E-state index in [0.717, 1.165) is 69.9 Å². The summed E-state index contributed by atoms with van der Waals surface area (Å²) in [4.78, 5) is 17.2. The Morgan fingerprint density at radius 2 is 1.80 bits per heavy atom. The van der Waals surface area contributed by atoms with Gasteiger partial charge in [-0.25, -0.2) is 0 Å². The lowest BCUT2D eigenvalue weighted by molar-refractivity contribution is -0.128. The molecule has 0 unspecified atom stereocenters. The number of ether oxygens (including phenoxy) is 1. The first-order valence-corrected chi connectivity index (χ1v) is 9.53. The third-order valence-electron chi connectivity index (χ3n) is 5.11. The van der Waals surface area contributed by atoms with Crippen molar-refractivity contribution >= 4 is 23.6 Å². The minimum absolute atomic E-state index is 0.153. The summed E-state index contributed by atoms with van der Waals surface area (Å²) in [6.45, 7) is 8.56. The lowest BCUT2D eigenvalue weighted by atomic mass is 9.95. The Labute approximate surface area is 155 Å². The van der Waals surface area contributed by atoms with Gasteiger partial charge in [0.05, 0.1) is 13.2 Å². The molecule has 5 heteroatoms. The summed E-state index contributed by atoms with van der Waals surface area (Å²) >= 11 is 5.91. The summed E-state index contributed by atoms with van der Waals surface area (Å²) in [6.07, 6.45) is 4.13. The summed E-state index contributed by atoms with van der Waals surface area (Å²) in [7, 11) is 0. The van der Waals surface area contributed by atoms with E-state index in [-0.39, 0.29) is 5.91 Å². The average Bonchev–Trinajstić information content (AvgIpc) is 2.64. The summed E-state index contributed by atoms with van der Waals surface area (Å²) in [6, 6.07) is 7.58. The molecule has 2 fully saturated rings. The number of hydrogen-bond acceptors (Lipinski definition) is 3. The molecular weight excluding hydrogens is 336 g/mol. The van der Waals surface area contributed by atoms with Crippen LogP contribution in [0.15, 0.2) is 29.8 Å². The monoisotopic (exact) mass is 362 g/mol. The first kappa shape index (κ1) is 18.4. The van der Waals surface area contributed by atoms with Crippen LogP contribution in [-0.4, -0.2) is 61.6 Å². The van der Waals surface area contributed by atoms with Crippen LogP contribution >= 0.6 is 11.6 Å². The second-order valence-corrected chi connectivity index (χ2v) is 7.46. The van der Waals surface area contributed by atoms with E-state index in [1.165, 1.54) is 0 Å². The van der Waals surface area contributed by atoms with Crippen molar-refractivity contribution in [2.45, 2.75) is 19.8 Å². The molecule has 0 atom stereocenters. The van der Waals surface area contributed by atoms with Crippen molar-refractivity contribution in [3.63, 3.8) is 0 Å². The minimum Gasteiger partial charge on any atom is -0.379 e. The topological polar surface area (TPSA) is 32.8 Å². The summed E-state index contributed by atoms with van der Waals surface area (Å²) < 4.78 is 5.41. The zero-order chi connectivity index (χ0) is 17.6. The van der Waals surface area contributed by atoms with Gasteiger partial charge in [-0.1, -0.05) is 23.7 Å². The van der Waals surface area contributed by atoms with Crippen LogP contribution in [0.1, 0.15) is 25.3 Å². The van der Waals surface area contributed by atoms with Crippen LogP contribution in [0.4, 0.5) is 0 Å². The predicted octanol–water partition coefficient (Wildman–Crippen LogP) is 3.31. The highest BCUT2D eigenvalue weighted by Gasteiger charge is 2.25. The van der Waals surface area contributed by atoms with Crippen molar-refractivity contribution in [2.24, 2.45) is 5.92 Å². The van der Waals surface area contributed by atoms with E-state index in [9.17, 15) is 4.79 Å². The van der Waals surface area contributed by atoms with Gasteiger partial charge in [0.1, 0.15) is 0 Å². The van der Waals surface area contributed by atoms with E-state index in [2.05, 4.69) is 4.90 Å². The third-order valence-corrected chi connectivity index (χ3v) is 5.36. The first-order valence-electron chi connectivity index (χ1n) is 9.15. The third kappa shape index (κ3) is 5.30. The van der Waals surface area contributed by atoms with E-state index in [1.807, 2.05) is 42.2 Å². The van der Waals surface area contributed by atoms with Gasteiger partial charge in [-0.05, 0) is 49.5 Å². The molecule has 2 heterocycles. The van der Waals surface area contributed by atoms with E-state index >= 15 is 0 Å². The fourth-order valence-corrected chi connectivity index (χ4v) is 3.71. The smallest absolute Gasteiger partial charge is 0.249 e. The number of piperidine rings is 1. The van der Waals surface area contributed by atoms with Crippen molar-refractivity contribution in [3.05, 3.63) is 40.4 Å². The fraction of sp³-hybridized carbons (Fsp3) is 0.550. The van der Waals surface area contributed by atoms with E-state index in [0.29, 0.717) is 10.9 Å². The number of amides is 1. The Kier molecular flexibility index (Phi) is 6.51. The molecule has 25 heavy (non-hydrogen) atoms. The van der Waals surface area contributed by atoms with Crippen LogP contribution in [0.3, 0.4) is 0 Å². The van der Waals surface area contributed by atoms with Crippen LogP contribution in [0, 0.1) is 5.92 Å². The standard InChI is InChI=1S/C20H27ClN2O2/c1-16(14-17-2-4-19(21)5-3-17)20(24)23-8-6-18(7-9-23)15-22-10-12-25-13-11-22/h2-5,14,18H,6-13,15H2,1H3/b16-14+. The lowest BCUT2D eigenvalue weighted by Gasteiger charge is -2.36. The van der Waals surface area contributed by atoms with E-state index in [4.69, 9.17) is 16.3 Å². The van der Waals surface area contributed by atoms with Crippen molar-refractivity contribution in [1.29, 1.82) is 0 Å². The van der Waals surface area contributed by atoms with Gasteiger partial charge in [0, 0.05) is 43.3 Å². The average molecular weight is 363 g/mol. The Morgan fingerprint density at radius 1 is 1.16 bits per heavy atom. The zero-order valence-corrected chi connectivity index (χ0v) is 15.7. The molecule has 4 nitrogen and oxygen atoms in total. The molecule has 1 aromatic carbocycles. The molecule has 2 aliphatic heterocycles. The number of carbonyl (C=O) groups excluding carboxylic acids is 1. The lowest BCUT2D eigenvalue weighted by Crippen LogP contribution is -2.44. The molecule has 0 radical (unpaired) electrons. The molecule has 0 N–H and O–H groups in total. The molecule has 0 saturated carbocycles. The van der Waals surface area contributed by atoms with Gasteiger partial charge in [0.25, 0.3) is 0 Å². The van der Waals surface area contributed by atoms with Gasteiger partial charge in [0.15, 0.2) is 0 Å². The molecule has 1 amide bonds. The maximum Gasteiger partial charge on any atom is 0.249 e. The summed E-state index contributed by atoms with van der Waals surface area (Å²) in [5.41, 5.74) is 1.80. The van der Waals surface area contributed by atoms with Crippen molar-refractivity contribution in [1.82, 2.24) is 9.80 Å². The van der Waals surface area contributed by atoms with Gasteiger partial charge in [0.2, 0.25) is 5.91 Å². The highest BCUT2D eigenvalue weighted by Crippen LogP contribution is 2.21. The van der Waals surface area contributed by atoms with Gasteiger partial charge < -0.3 is 9.64 Å². The number of likely N-dealkylation sites (tertiary alicyclic amines) is 1. The Hall–Kier alpha value is -1.36. The molecule has 0 bridgehead atoms. The van der Waals surface area contributed by atoms with Crippen LogP contribution in [0.2, 0.25) is 5.02 Å². The van der Waals surface area contributed by atoms with Gasteiger partial charge >= 0.3 is 0 Å². The molecule has 1 aromatic rings. The van der Waals surface area contributed by atoms with Crippen molar-refractivity contribution in [3.8, 4) is 0 Å². The van der Waals surface area contributed by atoms with Crippen LogP contribution < -0.4 is 0 Å². The van der Waals surface area contributed by atoms with Crippen LogP contribution in [-0.2, 0) is 9.53 Å². The maximum atomic E-state index is 12.7. The van der Waals surface area contributed by atoms with Crippen LogP contribution in [0.25, 0.3) is 6.08 Å². The van der Waals surface area contributed by atoms with E-state index < -0.39 is 0 Å². The Balaban J connectivity index is 1.49. The van der Waals surface area contributed by atoms with Crippen LogP contribution in [0.5, 0.6) is 0 Å². The Morgan fingerprint density at radius 3 is 2.44 bits per heavy atom. The second kappa shape index (κ2) is 8.84. The van der Waals surface area contributed by atoms with Gasteiger partial charge in [-0.3, -0.25) is 9.69 Å². The molecular formula is C20H27ClN2O2. The SMILES string of the molecule is C/C(=C\c1ccc(Cl)cc1)C(=O)N1CCC(CN2CCOCC2)CC1. The largest absolute Gasteiger partial charge is 0.379 e. The zero-order valence-electron chi connectivity index (χ0n) is 14.9. The fourth-order valence-electron chi connectivity index (χ4n) is 3.59. The number of rotatable bonds is 4. The minimum atomic E-state index is 0.153. The molecule has 0 spiro atoms. The molecule has 2 saturated heterocycles. The highest BCUT2D eigenvalue weighted by molar-refractivity contribution is 6.30. The summed E-state index contributed by atoms with van der Waals surface area (Å²) in [5.74, 6) is 0.850. The van der Waals surface area contributed by atoms with Crippen molar-refractivity contribution in [2.75, 3.05) is 45.9 Å². The highest BCUT2D eigenvalue weighted by atomic mass is 35.5. The second-order valence-electron chi connectivity index (χ2n) is 7.03. The number of carbonyl (C=O) groups is 1. The number of nitrogens with zero attached hydrogens (tertiary/aromatic N) is 2. The molecule has 0 aromatic heterocycles. The van der Waals surface area contributed by atoms with Gasteiger partial charge in [-0.2, -0.15) is 0 Å². The molecule has 0 aliphatic carbocycles. The predicted molar refractivity (Wildman–Crippen MR) is 102 cm³/mol. The molecule has 2 aliphatic rings. The van der Waals surface area contributed by atoms with Crippen molar-refractivity contribution < 1.29 is 9.53 Å². The van der Waals surface area contributed by atoms with E-state index in [1.54, 1.807) is 0 Å². The number of benzene rings is 1. The number of hydrogen-bond donors (Lipinski definition) is 0. The molecule has 3 rings (SSSR count). The normalized spacial score (nSPS) is 20.7. The van der Waals surface area contributed by atoms with Gasteiger partial charge in [-0.15, -0.1) is 0 Å². The first-order chi connectivity index (χ1) is 12.1. The molecule has 136 valence electrons. The Bertz CT molecular complexity index is 601. The number of morpholine rings is 1. The maximum absolute atomic E-state index is 12.7. The number of halogens is 1. The summed E-state index contributed by atoms with van der Waals surface area (Å²) in [5, 5.41) is 0.712. The quantitative estimate of drug-likeness (QED) is 0.770.